The van der Waals surface area contributed by atoms with Crippen LogP contribution in [-0.4, -0.2) is 35.2 Å². The molecule has 1 amide bonds. The number of carbonyl (C=O) groups excluding carboxylic acids is 1. The Balaban J connectivity index is 0.000000928. The van der Waals surface area contributed by atoms with Crippen LogP contribution in [0.3, 0.4) is 0 Å². The second-order valence-corrected chi connectivity index (χ2v) is 9.81. The molecule has 0 unspecified atom stereocenters. The molecule has 0 aromatic heterocycles. The summed E-state index contributed by atoms with van der Waals surface area (Å²) >= 11 is 0. The van der Waals surface area contributed by atoms with Gasteiger partial charge in [-0.25, -0.2) is 4.79 Å². The number of anilines is 1. The lowest BCUT2D eigenvalue weighted by molar-refractivity contribution is -0.143. The number of ether oxygens (including phenoxy) is 1. The summed E-state index contributed by atoms with van der Waals surface area (Å²) in [5, 5.41) is 11.0. The Morgan fingerprint density at radius 3 is 1.83 bits per heavy atom. The van der Waals surface area contributed by atoms with Crippen molar-refractivity contribution in [2.45, 2.75) is 70.8 Å². The lowest BCUT2D eigenvalue weighted by Crippen LogP contribution is -2.40. The molecule has 42 heavy (non-hydrogen) atoms. The number of alkyl halides is 9. The molecule has 1 aliphatic rings. The zero-order valence-electron chi connectivity index (χ0n) is 22.8. The molecule has 1 heterocycles. The summed E-state index contributed by atoms with van der Waals surface area (Å²) in [5.41, 5.74) is -4.40. The Morgan fingerprint density at radius 2 is 1.43 bits per heavy atom. The number of aliphatic carboxylic acids is 1. The standard InChI is InChI=1S/C23H21F9N2O2.C4H8O2/c1-3-16-10-19(17-9-13(21(24,25)26)4-5-18(17)33-16)34(20(35)36-2)11-12-6-14(22(27,28)29)8-15(7-12)23(30,31)32;1-3(2)4(5)6/h4-9,16,19,33H,3,10-11H2,1-2H3;3H,1-2H3,(H,5,6)/t16-,19+;/m1./s1. The van der Waals surface area contributed by atoms with E-state index < -0.39 is 65.4 Å². The number of benzene rings is 2. The van der Waals surface area contributed by atoms with Crippen LogP contribution >= 0.6 is 0 Å². The molecule has 0 fully saturated rings. The number of nitrogens with one attached hydrogen (secondary N) is 1. The van der Waals surface area contributed by atoms with Gasteiger partial charge in [-0.1, -0.05) is 20.8 Å². The van der Waals surface area contributed by atoms with Gasteiger partial charge in [0.2, 0.25) is 0 Å². The van der Waals surface area contributed by atoms with Crippen molar-refractivity contribution in [3.63, 3.8) is 0 Å². The van der Waals surface area contributed by atoms with Gasteiger partial charge in [0, 0.05) is 18.3 Å². The molecule has 2 N–H and O–H groups in total. The third-order valence-electron chi connectivity index (χ3n) is 6.38. The van der Waals surface area contributed by atoms with Crippen molar-refractivity contribution in [3.05, 3.63) is 64.2 Å². The number of hydrogen-bond donors (Lipinski definition) is 2. The first-order valence-corrected chi connectivity index (χ1v) is 12.5. The average molecular weight is 617 g/mol. The van der Waals surface area contributed by atoms with E-state index in [-0.39, 0.29) is 35.7 Å². The van der Waals surface area contributed by atoms with Gasteiger partial charge in [-0.05, 0) is 60.4 Å². The molecule has 1 aliphatic heterocycles. The van der Waals surface area contributed by atoms with Crippen molar-refractivity contribution in [2.75, 3.05) is 12.4 Å². The minimum Gasteiger partial charge on any atom is -0.481 e. The van der Waals surface area contributed by atoms with E-state index in [9.17, 15) is 49.1 Å². The predicted molar refractivity (Wildman–Crippen MR) is 133 cm³/mol. The first-order valence-electron chi connectivity index (χ1n) is 12.5. The van der Waals surface area contributed by atoms with Gasteiger partial charge in [0.15, 0.2) is 0 Å². The van der Waals surface area contributed by atoms with Crippen molar-refractivity contribution in [1.82, 2.24) is 4.90 Å². The molecule has 0 saturated heterocycles. The molecule has 2 atom stereocenters. The monoisotopic (exact) mass is 616 g/mol. The molecule has 2 aromatic carbocycles. The molecular weight excluding hydrogens is 587 g/mol. The van der Waals surface area contributed by atoms with E-state index in [0.29, 0.717) is 18.6 Å². The number of halogens is 9. The Labute approximate surface area is 235 Å². The molecule has 0 aliphatic carbocycles. The van der Waals surface area contributed by atoms with Crippen LogP contribution in [0.15, 0.2) is 36.4 Å². The number of methoxy groups -OCH3 is 1. The Bertz CT molecular complexity index is 1230. The van der Waals surface area contributed by atoms with Gasteiger partial charge in [0.05, 0.1) is 35.8 Å². The van der Waals surface area contributed by atoms with Crippen LogP contribution in [0.2, 0.25) is 0 Å². The van der Waals surface area contributed by atoms with E-state index in [4.69, 9.17) is 9.84 Å². The molecule has 2 aromatic rings. The van der Waals surface area contributed by atoms with E-state index in [1.807, 2.05) is 0 Å². The van der Waals surface area contributed by atoms with Gasteiger partial charge in [-0.2, -0.15) is 39.5 Å². The molecule has 234 valence electrons. The fourth-order valence-corrected chi connectivity index (χ4v) is 4.11. The lowest BCUT2D eigenvalue weighted by atomic mass is 9.89. The maximum Gasteiger partial charge on any atom is 0.416 e. The Kier molecular flexibility index (Phi) is 10.8. The normalized spacial score (nSPS) is 17.0. The largest absolute Gasteiger partial charge is 0.481 e. The van der Waals surface area contributed by atoms with E-state index in [1.54, 1.807) is 20.8 Å². The van der Waals surface area contributed by atoms with Crippen LogP contribution in [0.4, 0.5) is 50.0 Å². The minimum atomic E-state index is -5.11. The number of carboxylic acid groups (broad SMARTS) is 1. The molecular formula is C27H29F9N2O4. The van der Waals surface area contributed by atoms with Crippen molar-refractivity contribution >= 4 is 17.7 Å². The molecule has 0 saturated carbocycles. The topological polar surface area (TPSA) is 78.9 Å². The van der Waals surface area contributed by atoms with Crippen molar-refractivity contribution in [1.29, 1.82) is 0 Å². The van der Waals surface area contributed by atoms with E-state index in [1.165, 1.54) is 6.07 Å². The molecule has 0 radical (unpaired) electrons. The number of carbonyl (C=O) groups is 2. The van der Waals surface area contributed by atoms with Crippen LogP contribution in [0.25, 0.3) is 0 Å². The number of fused-ring (bicyclic) bond motifs is 1. The van der Waals surface area contributed by atoms with Crippen molar-refractivity contribution < 1.29 is 58.9 Å². The zero-order valence-corrected chi connectivity index (χ0v) is 22.8. The smallest absolute Gasteiger partial charge is 0.416 e. The van der Waals surface area contributed by atoms with Crippen LogP contribution < -0.4 is 5.32 Å². The maximum atomic E-state index is 13.4. The van der Waals surface area contributed by atoms with Gasteiger partial charge in [-0.15, -0.1) is 0 Å². The summed E-state index contributed by atoms with van der Waals surface area (Å²) in [7, 11) is 0.952. The Hall–Kier alpha value is -3.65. The number of nitrogens with zero attached hydrogens (tertiary/aromatic N) is 1. The quantitative estimate of drug-likeness (QED) is 0.330. The average Bonchev–Trinajstić information content (AvgIpc) is 2.89. The summed E-state index contributed by atoms with van der Waals surface area (Å²) in [6.45, 7) is 4.29. The van der Waals surface area contributed by atoms with E-state index in [0.717, 1.165) is 24.1 Å². The van der Waals surface area contributed by atoms with Crippen LogP contribution in [-0.2, 0) is 34.6 Å². The molecule has 3 rings (SSSR count). The van der Waals surface area contributed by atoms with E-state index >= 15 is 0 Å². The number of rotatable bonds is 5. The number of amides is 1. The first kappa shape index (κ1) is 34.6. The molecule has 6 nitrogen and oxygen atoms in total. The third kappa shape index (κ3) is 8.92. The highest BCUT2D eigenvalue weighted by molar-refractivity contribution is 5.70. The van der Waals surface area contributed by atoms with Gasteiger partial charge in [0.1, 0.15) is 0 Å². The first-order chi connectivity index (χ1) is 19.2. The van der Waals surface area contributed by atoms with E-state index in [2.05, 4.69) is 5.32 Å². The molecule has 0 spiro atoms. The number of carboxylic acids is 1. The highest BCUT2D eigenvalue weighted by Crippen LogP contribution is 2.43. The predicted octanol–water partition coefficient (Wildman–Crippen LogP) is 8.37. The Morgan fingerprint density at radius 1 is 0.929 bits per heavy atom. The van der Waals surface area contributed by atoms with Gasteiger partial charge >= 0.3 is 30.6 Å². The third-order valence-corrected chi connectivity index (χ3v) is 6.38. The van der Waals surface area contributed by atoms with Gasteiger partial charge < -0.3 is 15.2 Å². The van der Waals surface area contributed by atoms with Crippen LogP contribution in [0.1, 0.15) is 67.5 Å². The summed E-state index contributed by atoms with van der Waals surface area (Å²) in [5.74, 6) is -0.972. The maximum absolute atomic E-state index is 13.4. The molecule has 15 heteroatoms. The second kappa shape index (κ2) is 13.1. The number of hydrogen-bond acceptors (Lipinski definition) is 4. The highest BCUT2D eigenvalue weighted by Gasteiger charge is 2.40. The zero-order chi connectivity index (χ0) is 32.2. The second-order valence-electron chi connectivity index (χ2n) is 9.81. The SMILES string of the molecule is CC(C)C(=O)O.CC[C@@H]1C[C@H](N(Cc2cc(C(F)(F)F)cc(C(F)(F)F)c2)C(=O)OC)c2cc(C(F)(F)F)ccc2N1. The minimum absolute atomic E-state index is 0.0166. The summed E-state index contributed by atoms with van der Waals surface area (Å²) in [6.07, 6.45) is -15.5. The van der Waals surface area contributed by atoms with Crippen LogP contribution in [0.5, 0.6) is 0 Å². The van der Waals surface area contributed by atoms with Crippen molar-refractivity contribution in [3.8, 4) is 0 Å². The molecule has 0 bridgehead atoms. The lowest BCUT2D eigenvalue weighted by Gasteiger charge is -2.39. The van der Waals surface area contributed by atoms with Crippen molar-refractivity contribution in [2.24, 2.45) is 5.92 Å². The summed E-state index contributed by atoms with van der Waals surface area (Å²) < 4.78 is 125. The highest BCUT2D eigenvalue weighted by atomic mass is 19.4. The van der Waals surface area contributed by atoms with Crippen LogP contribution in [0, 0.1) is 5.92 Å². The summed E-state index contributed by atoms with van der Waals surface area (Å²) in [4.78, 5) is 23.2. The van der Waals surface area contributed by atoms with Gasteiger partial charge in [-0.3, -0.25) is 9.69 Å². The fourth-order valence-electron chi connectivity index (χ4n) is 4.11. The summed E-state index contributed by atoms with van der Waals surface area (Å²) in [6, 6.07) is 2.26. The fraction of sp³-hybridized carbons (Fsp3) is 0.481. The van der Waals surface area contributed by atoms with Gasteiger partial charge in [0.25, 0.3) is 0 Å².